The van der Waals surface area contributed by atoms with Crippen LogP contribution < -0.4 is 0 Å². The van der Waals surface area contributed by atoms with E-state index in [2.05, 4.69) is 11.8 Å². The van der Waals surface area contributed by atoms with Crippen LogP contribution in [-0.4, -0.2) is 49.8 Å². The van der Waals surface area contributed by atoms with E-state index >= 15 is 0 Å². The van der Waals surface area contributed by atoms with Crippen LogP contribution in [0.1, 0.15) is 19.4 Å². The zero-order chi connectivity index (χ0) is 15.6. The standard InChI is InChI=1S/C14H20ClFN2O2S/c1-3-17-6-7-18(10-11(17)2)21(19,20)14-8-13(16)5-4-12(14)9-15/h4-5,8,11H,3,6-7,9-10H2,1-2H3. The third kappa shape index (κ3) is 3.39. The second-order valence-electron chi connectivity index (χ2n) is 5.23. The molecule has 0 N–H and O–H groups in total. The van der Waals surface area contributed by atoms with Crippen LogP contribution in [0.3, 0.4) is 0 Å². The van der Waals surface area contributed by atoms with Gasteiger partial charge in [-0.1, -0.05) is 13.0 Å². The van der Waals surface area contributed by atoms with Crippen molar-refractivity contribution in [1.29, 1.82) is 0 Å². The fourth-order valence-corrected chi connectivity index (χ4v) is 4.73. The Bertz CT molecular complexity index is 609. The summed E-state index contributed by atoms with van der Waals surface area (Å²) < 4.78 is 40.3. The summed E-state index contributed by atoms with van der Waals surface area (Å²) in [6, 6.07) is 3.87. The van der Waals surface area contributed by atoms with E-state index in [9.17, 15) is 12.8 Å². The highest BCUT2D eigenvalue weighted by atomic mass is 35.5. The normalized spacial score (nSPS) is 21.6. The van der Waals surface area contributed by atoms with Gasteiger partial charge in [-0.05, 0) is 31.2 Å². The lowest BCUT2D eigenvalue weighted by molar-refractivity contribution is 0.135. The number of likely N-dealkylation sites (N-methyl/N-ethyl adjacent to an activating group) is 1. The van der Waals surface area contributed by atoms with Gasteiger partial charge in [-0.2, -0.15) is 4.31 Å². The van der Waals surface area contributed by atoms with E-state index in [4.69, 9.17) is 11.6 Å². The first-order valence-corrected chi connectivity index (χ1v) is 8.96. The number of alkyl halides is 1. The van der Waals surface area contributed by atoms with Crippen LogP contribution in [0.4, 0.5) is 4.39 Å². The number of hydrogen-bond donors (Lipinski definition) is 0. The molecule has 0 aromatic heterocycles. The Morgan fingerprint density at radius 3 is 2.67 bits per heavy atom. The van der Waals surface area contributed by atoms with Gasteiger partial charge >= 0.3 is 0 Å². The summed E-state index contributed by atoms with van der Waals surface area (Å²) >= 11 is 5.79. The molecule has 1 aliphatic heterocycles. The fourth-order valence-electron chi connectivity index (χ4n) is 2.67. The van der Waals surface area contributed by atoms with Crippen LogP contribution in [0.25, 0.3) is 0 Å². The molecule has 1 saturated heterocycles. The molecule has 1 atom stereocenters. The largest absolute Gasteiger partial charge is 0.298 e. The molecule has 1 fully saturated rings. The van der Waals surface area contributed by atoms with Crippen molar-refractivity contribution in [2.24, 2.45) is 0 Å². The molecule has 0 amide bonds. The van der Waals surface area contributed by atoms with Crippen molar-refractivity contribution in [2.45, 2.75) is 30.7 Å². The van der Waals surface area contributed by atoms with E-state index in [1.54, 1.807) is 0 Å². The van der Waals surface area contributed by atoms with Crippen LogP contribution in [0.2, 0.25) is 0 Å². The molecule has 0 spiro atoms. The van der Waals surface area contributed by atoms with Gasteiger partial charge in [0.1, 0.15) is 5.82 Å². The SMILES string of the molecule is CCN1CCN(S(=O)(=O)c2cc(F)ccc2CCl)CC1C. The van der Waals surface area contributed by atoms with Gasteiger partial charge in [0.05, 0.1) is 4.90 Å². The Morgan fingerprint density at radius 2 is 2.10 bits per heavy atom. The number of hydrogen-bond acceptors (Lipinski definition) is 3. The molecule has 7 heteroatoms. The highest BCUT2D eigenvalue weighted by Gasteiger charge is 2.33. The Balaban J connectivity index is 2.33. The molecule has 1 aliphatic rings. The Hall–Kier alpha value is -0.690. The topological polar surface area (TPSA) is 40.6 Å². The van der Waals surface area contributed by atoms with Crippen LogP contribution in [-0.2, 0) is 15.9 Å². The van der Waals surface area contributed by atoms with Gasteiger partial charge in [0.15, 0.2) is 0 Å². The summed E-state index contributed by atoms with van der Waals surface area (Å²) in [6.45, 7) is 6.45. The molecule has 1 unspecified atom stereocenters. The van der Waals surface area contributed by atoms with Gasteiger partial charge in [0.2, 0.25) is 10.0 Å². The molecule has 0 saturated carbocycles. The van der Waals surface area contributed by atoms with Crippen LogP contribution in [0.15, 0.2) is 23.1 Å². The van der Waals surface area contributed by atoms with Crippen molar-refractivity contribution in [2.75, 3.05) is 26.2 Å². The minimum Gasteiger partial charge on any atom is -0.298 e. The number of rotatable bonds is 4. The lowest BCUT2D eigenvalue weighted by Gasteiger charge is -2.38. The summed E-state index contributed by atoms with van der Waals surface area (Å²) in [6.07, 6.45) is 0. The van der Waals surface area contributed by atoms with Gasteiger partial charge in [-0.3, -0.25) is 4.90 Å². The number of sulfonamides is 1. The van der Waals surface area contributed by atoms with Crippen molar-refractivity contribution in [3.63, 3.8) is 0 Å². The fraction of sp³-hybridized carbons (Fsp3) is 0.571. The lowest BCUT2D eigenvalue weighted by Crippen LogP contribution is -2.53. The first-order chi connectivity index (χ1) is 9.90. The molecular formula is C14H20ClFN2O2S. The molecule has 0 aliphatic carbocycles. The van der Waals surface area contributed by atoms with Crippen molar-refractivity contribution >= 4 is 21.6 Å². The highest BCUT2D eigenvalue weighted by molar-refractivity contribution is 7.89. The van der Waals surface area contributed by atoms with E-state index in [0.717, 1.165) is 12.6 Å². The zero-order valence-corrected chi connectivity index (χ0v) is 13.8. The Morgan fingerprint density at radius 1 is 1.38 bits per heavy atom. The smallest absolute Gasteiger partial charge is 0.243 e. The predicted molar refractivity (Wildman–Crippen MR) is 81.4 cm³/mol. The van der Waals surface area contributed by atoms with Gasteiger partial charge in [0.25, 0.3) is 0 Å². The van der Waals surface area contributed by atoms with Crippen LogP contribution in [0.5, 0.6) is 0 Å². The highest BCUT2D eigenvalue weighted by Crippen LogP contribution is 2.25. The average molecular weight is 335 g/mol. The molecule has 0 bridgehead atoms. The van der Waals surface area contributed by atoms with Crippen molar-refractivity contribution in [3.8, 4) is 0 Å². The summed E-state index contributed by atoms with van der Waals surface area (Å²) in [5, 5.41) is 0. The maximum atomic E-state index is 13.4. The number of benzene rings is 1. The second kappa shape index (κ2) is 6.60. The number of piperazine rings is 1. The number of halogens is 2. The number of nitrogens with zero attached hydrogens (tertiary/aromatic N) is 2. The minimum atomic E-state index is -3.71. The lowest BCUT2D eigenvalue weighted by atomic mass is 10.2. The molecule has 0 radical (unpaired) electrons. The summed E-state index contributed by atoms with van der Waals surface area (Å²) in [5.41, 5.74) is 0.434. The van der Waals surface area contributed by atoms with E-state index in [-0.39, 0.29) is 16.8 Å². The summed E-state index contributed by atoms with van der Waals surface area (Å²) in [5.74, 6) is -0.526. The molecule has 1 heterocycles. The summed E-state index contributed by atoms with van der Waals surface area (Å²) in [4.78, 5) is 2.20. The van der Waals surface area contributed by atoms with Gasteiger partial charge in [-0.15, -0.1) is 11.6 Å². The molecule has 4 nitrogen and oxygen atoms in total. The maximum Gasteiger partial charge on any atom is 0.243 e. The van der Waals surface area contributed by atoms with Crippen LogP contribution >= 0.6 is 11.6 Å². The molecule has 21 heavy (non-hydrogen) atoms. The third-order valence-electron chi connectivity index (χ3n) is 3.93. The zero-order valence-electron chi connectivity index (χ0n) is 12.2. The first kappa shape index (κ1) is 16.7. The Kier molecular flexibility index (Phi) is 5.24. The molecular weight excluding hydrogens is 315 g/mol. The van der Waals surface area contributed by atoms with Gasteiger partial charge in [-0.25, -0.2) is 12.8 Å². The van der Waals surface area contributed by atoms with Crippen molar-refractivity contribution < 1.29 is 12.8 Å². The van der Waals surface area contributed by atoms with E-state index in [0.29, 0.717) is 25.2 Å². The third-order valence-corrected chi connectivity index (χ3v) is 6.16. The van der Waals surface area contributed by atoms with Crippen molar-refractivity contribution in [3.05, 3.63) is 29.6 Å². The van der Waals surface area contributed by atoms with E-state index in [1.165, 1.54) is 16.4 Å². The maximum absolute atomic E-state index is 13.4. The molecule has 1 aromatic carbocycles. The second-order valence-corrected chi connectivity index (χ2v) is 7.40. The van der Waals surface area contributed by atoms with E-state index < -0.39 is 15.8 Å². The predicted octanol–water partition coefficient (Wildman–Crippen LogP) is 2.28. The molecule has 1 aromatic rings. The average Bonchev–Trinajstić information content (AvgIpc) is 2.47. The summed E-state index contributed by atoms with van der Waals surface area (Å²) in [7, 11) is -3.71. The quantitative estimate of drug-likeness (QED) is 0.793. The van der Waals surface area contributed by atoms with Gasteiger partial charge < -0.3 is 0 Å². The monoisotopic (exact) mass is 334 g/mol. The van der Waals surface area contributed by atoms with Crippen LogP contribution in [0, 0.1) is 5.82 Å². The van der Waals surface area contributed by atoms with Gasteiger partial charge in [0, 0.05) is 31.6 Å². The minimum absolute atomic E-state index is 0.0188. The first-order valence-electron chi connectivity index (χ1n) is 6.98. The molecule has 2 rings (SSSR count). The van der Waals surface area contributed by atoms with E-state index in [1.807, 2.05) is 6.92 Å². The van der Waals surface area contributed by atoms with Crippen molar-refractivity contribution in [1.82, 2.24) is 9.21 Å². The molecule has 118 valence electrons. The Labute approximate surface area is 130 Å².